The van der Waals surface area contributed by atoms with Crippen LogP contribution in [0.2, 0.25) is 0 Å². The van der Waals surface area contributed by atoms with Gasteiger partial charge in [-0.15, -0.1) is 0 Å². The molecule has 0 fully saturated rings. The summed E-state index contributed by atoms with van der Waals surface area (Å²) in [6, 6.07) is 0. The van der Waals surface area contributed by atoms with Crippen LogP contribution in [0.5, 0.6) is 0 Å². The Morgan fingerprint density at radius 3 is 1.62 bits per heavy atom. The van der Waals surface area contributed by atoms with Crippen LogP contribution in [0, 0.1) is 0 Å². The van der Waals surface area contributed by atoms with Crippen LogP contribution in [0.3, 0.4) is 0 Å². The largest absolute Gasteiger partial charge is 0 e. The second-order valence-corrected chi connectivity index (χ2v) is 2.79. The fourth-order valence-corrected chi connectivity index (χ4v) is 0. The average Bonchev–Trinajstić information content (AvgIpc) is 1.35. The molecule has 46 valence electrons. The fourth-order valence-electron chi connectivity index (χ4n) is 0. The number of rotatable bonds is 1. The standard InChI is InChI=1S/Li.Mn.Mo.H3O4P.H/c;;;1-5(2,3)4;/h;;;(H3,1,2,3,4);/q;;+1;;/p-1. The van der Waals surface area contributed by atoms with E-state index >= 15 is 0 Å². The third kappa shape index (κ3) is 15.7. The van der Waals surface area contributed by atoms with E-state index in [4.69, 9.17) is 9.79 Å². The fraction of sp³-hybridized carbons (Fsp3) is 0. The van der Waals surface area contributed by atoms with Gasteiger partial charge in [-0.3, -0.25) is 0 Å². The molecule has 0 heterocycles. The van der Waals surface area contributed by atoms with Crippen molar-refractivity contribution in [1.29, 1.82) is 0 Å². The van der Waals surface area contributed by atoms with Crippen molar-refractivity contribution in [1.82, 2.24) is 0 Å². The first kappa shape index (κ1) is 16.5. The summed E-state index contributed by atoms with van der Waals surface area (Å²) in [6.07, 6.45) is 0. The van der Waals surface area contributed by atoms with Crippen molar-refractivity contribution in [2.75, 3.05) is 0 Å². The van der Waals surface area contributed by atoms with E-state index in [1.807, 2.05) is 0 Å². The molecular weight excluding hydrogens is 253 g/mol. The predicted molar refractivity (Wildman–Crippen MR) is 20.3 cm³/mol. The van der Waals surface area contributed by atoms with E-state index in [1.165, 1.54) is 0 Å². The van der Waals surface area contributed by atoms with Gasteiger partial charge in [0.05, 0.1) is 0 Å². The van der Waals surface area contributed by atoms with Gasteiger partial charge >= 0.3 is 64.4 Å². The Bertz CT molecular complexity index is 80.1. The maximum Gasteiger partial charge on any atom is 0 e. The topological polar surface area (TPSA) is 66.8 Å². The summed E-state index contributed by atoms with van der Waals surface area (Å²) < 4.78 is 13.1. The Hall–Kier alpha value is 1.92. The molecule has 0 unspecified atom stereocenters. The Kier molecular flexibility index (Phi) is 14.5. The molecule has 0 aromatic carbocycles. The SMILES string of the molecule is O=P(O)(O)[O][Mo].[LiH].[Mn]. The van der Waals surface area contributed by atoms with E-state index in [2.05, 4.69) is 3.18 Å². The number of phosphoric acid groups is 1. The van der Waals surface area contributed by atoms with Gasteiger partial charge in [0.1, 0.15) is 0 Å². The van der Waals surface area contributed by atoms with Crippen LogP contribution in [0.4, 0.5) is 0 Å². The quantitative estimate of drug-likeness (QED) is 0.462. The minimum atomic E-state index is -4.14. The summed E-state index contributed by atoms with van der Waals surface area (Å²) in [5.41, 5.74) is 0. The molecular formula is H3LiMnMoO4P. The van der Waals surface area contributed by atoms with Crippen molar-refractivity contribution < 1.29 is 54.8 Å². The van der Waals surface area contributed by atoms with Crippen molar-refractivity contribution in [2.45, 2.75) is 0 Å². The van der Waals surface area contributed by atoms with Crippen molar-refractivity contribution in [3.63, 3.8) is 0 Å². The molecule has 0 spiro atoms. The first-order chi connectivity index (χ1) is 2.56. The van der Waals surface area contributed by atoms with Gasteiger partial charge in [-0.1, -0.05) is 0 Å². The zero-order valence-electron chi connectivity index (χ0n) is 2.94. The Morgan fingerprint density at radius 1 is 1.50 bits per heavy atom. The zero-order chi connectivity index (χ0) is 5.21. The molecule has 0 aliphatic rings. The summed E-state index contributed by atoms with van der Waals surface area (Å²) in [7, 11) is -4.14. The van der Waals surface area contributed by atoms with Gasteiger partial charge in [0, 0.05) is 17.1 Å². The molecule has 0 saturated carbocycles. The second kappa shape index (κ2) is 7.03. The maximum absolute atomic E-state index is 9.47. The van der Waals surface area contributed by atoms with E-state index in [-0.39, 0.29) is 35.9 Å². The van der Waals surface area contributed by atoms with Crippen LogP contribution < -0.4 is 0 Å². The van der Waals surface area contributed by atoms with Crippen LogP contribution in [-0.4, -0.2) is 28.6 Å². The maximum atomic E-state index is 9.47. The predicted octanol–water partition coefficient (Wildman–Crippen LogP) is -1.09. The molecule has 1 radical (unpaired) electrons. The number of hydrogen-bond donors (Lipinski definition) is 2. The third-order valence-corrected chi connectivity index (χ3v) is 1.72. The van der Waals surface area contributed by atoms with Crippen LogP contribution in [0.15, 0.2) is 0 Å². The Balaban J connectivity index is -0.000000125. The second-order valence-electron chi connectivity index (χ2n) is 0.565. The van der Waals surface area contributed by atoms with Crippen LogP contribution >= 0.6 is 7.82 Å². The van der Waals surface area contributed by atoms with Gasteiger partial charge in [-0.05, 0) is 0 Å². The number of hydrogen-bond acceptors (Lipinski definition) is 2. The van der Waals surface area contributed by atoms with E-state index in [1.54, 1.807) is 0 Å². The molecule has 8 heteroatoms. The summed E-state index contributed by atoms with van der Waals surface area (Å²) in [6.45, 7) is 0. The van der Waals surface area contributed by atoms with Crippen molar-refractivity contribution in [3.8, 4) is 0 Å². The molecule has 0 bridgehead atoms. The van der Waals surface area contributed by atoms with Crippen LogP contribution in [0.25, 0.3) is 0 Å². The molecule has 0 amide bonds. The first-order valence-electron chi connectivity index (χ1n) is 0.932. The summed E-state index contributed by atoms with van der Waals surface area (Å²) in [5, 5.41) is 0. The molecule has 0 atom stereocenters. The molecule has 0 saturated heterocycles. The van der Waals surface area contributed by atoms with Crippen LogP contribution in [0.1, 0.15) is 0 Å². The first-order valence-corrected chi connectivity index (χ1v) is 3.28. The average molecular weight is 256 g/mol. The summed E-state index contributed by atoms with van der Waals surface area (Å²) in [5.74, 6) is 0. The molecule has 8 heavy (non-hydrogen) atoms. The van der Waals surface area contributed by atoms with E-state index in [0.717, 1.165) is 20.2 Å². The molecule has 4 nitrogen and oxygen atoms in total. The molecule has 0 aromatic rings. The Labute approximate surface area is 81.0 Å². The van der Waals surface area contributed by atoms with Gasteiger partial charge in [-0.25, -0.2) is 0 Å². The molecule has 0 aromatic heterocycles. The van der Waals surface area contributed by atoms with Gasteiger partial charge in [0.2, 0.25) is 0 Å². The van der Waals surface area contributed by atoms with Gasteiger partial charge in [0.25, 0.3) is 0 Å². The molecule has 0 aliphatic carbocycles. The summed E-state index contributed by atoms with van der Waals surface area (Å²) in [4.78, 5) is 15.4. The van der Waals surface area contributed by atoms with Gasteiger partial charge in [0.15, 0.2) is 0 Å². The zero-order valence-corrected chi connectivity index (χ0v) is 7.03. The van der Waals surface area contributed by atoms with Gasteiger partial charge < -0.3 is 0 Å². The smallest absolute Gasteiger partial charge is 0 e. The normalized spacial score (nSPS) is 8.75. The minimum absolute atomic E-state index is 0. The monoisotopic (exact) mass is 258 g/mol. The molecule has 2 N–H and O–H groups in total. The Morgan fingerprint density at radius 2 is 1.62 bits per heavy atom. The minimum Gasteiger partial charge on any atom is 0 e. The van der Waals surface area contributed by atoms with E-state index < -0.39 is 7.82 Å². The van der Waals surface area contributed by atoms with Crippen molar-refractivity contribution >= 4 is 26.7 Å². The van der Waals surface area contributed by atoms with Crippen molar-refractivity contribution in [2.24, 2.45) is 0 Å². The molecule has 0 rings (SSSR count). The summed E-state index contributed by atoms with van der Waals surface area (Å²) >= 11 is 0.883. The third-order valence-electron chi connectivity index (χ3n) is 0.0971. The van der Waals surface area contributed by atoms with Crippen LogP contribution in [-0.2, 0) is 45.0 Å². The van der Waals surface area contributed by atoms with Gasteiger partial charge in [-0.2, -0.15) is 0 Å². The van der Waals surface area contributed by atoms with Crippen molar-refractivity contribution in [3.05, 3.63) is 0 Å². The molecule has 0 aliphatic heterocycles. The van der Waals surface area contributed by atoms with E-state index in [9.17, 15) is 4.57 Å². The van der Waals surface area contributed by atoms with E-state index in [0.29, 0.717) is 0 Å².